The molecule has 1 atom stereocenters. The number of para-hydroxylation sites is 1. The molecule has 5 nitrogen and oxygen atoms in total. The highest BCUT2D eigenvalue weighted by Gasteiger charge is 2.18. The van der Waals surface area contributed by atoms with E-state index in [1.54, 1.807) is 11.6 Å². The molecule has 0 radical (unpaired) electrons. The van der Waals surface area contributed by atoms with Crippen molar-refractivity contribution in [1.29, 1.82) is 0 Å². The quantitative estimate of drug-likeness (QED) is 0.804. The first-order chi connectivity index (χ1) is 10.1. The number of carbonyl (C=O) groups is 1. The number of nitrogens with one attached hydrogen (secondary N) is 1. The van der Waals surface area contributed by atoms with Crippen LogP contribution in [-0.2, 0) is 4.79 Å². The summed E-state index contributed by atoms with van der Waals surface area (Å²) in [6, 6.07) is 12.5. The second-order valence-electron chi connectivity index (χ2n) is 4.69. The van der Waals surface area contributed by atoms with Crippen LogP contribution in [0.25, 0.3) is 11.0 Å². The van der Waals surface area contributed by atoms with Crippen LogP contribution in [0.3, 0.4) is 0 Å². The van der Waals surface area contributed by atoms with Gasteiger partial charge in [-0.1, -0.05) is 17.3 Å². The van der Waals surface area contributed by atoms with E-state index in [4.69, 9.17) is 0 Å². The maximum absolute atomic E-state index is 12.8. The summed E-state index contributed by atoms with van der Waals surface area (Å²) in [5.41, 5.74) is 2.07. The fraction of sp³-hybridized carbons (Fsp3) is 0.133. The van der Waals surface area contributed by atoms with E-state index >= 15 is 0 Å². The Kier molecular flexibility index (Phi) is 3.35. The molecule has 0 spiro atoms. The van der Waals surface area contributed by atoms with E-state index in [0.29, 0.717) is 5.69 Å². The molecule has 3 rings (SSSR count). The highest BCUT2D eigenvalue weighted by Crippen LogP contribution is 2.17. The van der Waals surface area contributed by atoms with E-state index in [9.17, 15) is 9.18 Å². The van der Waals surface area contributed by atoms with Crippen LogP contribution in [0.2, 0.25) is 0 Å². The number of halogens is 1. The predicted molar refractivity (Wildman–Crippen MR) is 77.3 cm³/mol. The van der Waals surface area contributed by atoms with Crippen LogP contribution in [0, 0.1) is 5.82 Å². The molecule has 0 aliphatic rings. The number of amides is 1. The maximum atomic E-state index is 12.8. The van der Waals surface area contributed by atoms with Crippen molar-refractivity contribution in [2.75, 3.05) is 5.32 Å². The van der Waals surface area contributed by atoms with E-state index in [0.717, 1.165) is 11.0 Å². The molecule has 0 bridgehead atoms. The summed E-state index contributed by atoms with van der Waals surface area (Å²) in [7, 11) is 0. The molecule has 21 heavy (non-hydrogen) atoms. The van der Waals surface area contributed by atoms with Gasteiger partial charge >= 0.3 is 0 Å². The Balaban J connectivity index is 1.82. The molecule has 0 aliphatic carbocycles. The molecule has 2 aromatic carbocycles. The van der Waals surface area contributed by atoms with Crippen molar-refractivity contribution in [3.63, 3.8) is 0 Å². The fourth-order valence-corrected chi connectivity index (χ4v) is 2.06. The van der Waals surface area contributed by atoms with Gasteiger partial charge in [-0.2, -0.15) is 0 Å². The summed E-state index contributed by atoms with van der Waals surface area (Å²) >= 11 is 0. The Morgan fingerprint density at radius 3 is 2.67 bits per heavy atom. The monoisotopic (exact) mass is 284 g/mol. The average Bonchev–Trinajstić information content (AvgIpc) is 2.92. The molecule has 1 aromatic heterocycles. The summed E-state index contributed by atoms with van der Waals surface area (Å²) in [5, 5.41) is 10.8. The lowest BCUT2D eigenvalue weighted by Gasteiger charge is -2.13. The van der Waals surface area contributed by atoms with Crippen LogP contribution in [0.1, 0.15) is 13.0 Å². The van der Waals surface area contributed by atoms with Gasteiger partial charge in [0.1, 0.15) is 17.4 Å². The molecule has 0 unspecified atom stereocenters. The Hall–Kier alpha value is -2.76. The van der Waals surface area contributed by atoms with Gasteiger partial charge in [0.2, 0.25) is 5.91 Å². The number of hydrogen-bond donors (Lipinski definition) is 1. The smallest absolute Gasteiger partial charge is 0.249 e. The van der Waals surface area contributed by atoms with Gasteiger partial charge in [0.05, 0.1) is 5.52 Å². The molecule has 0 saturated carbocycles. The summed E-state index contributed by atoms with van der Waals surface area (Å²) in [6.45, 7) is 1.74. The average molecular weight is 284 g/mol. The number of nitrogens with zero attached hydrogens (tertiary/aromatic N) is 3. The SMILES string of the molecule is C[C@@H](C(=O)Nc1ccc(F)cc1)n1nnc2ccccc21. The Morgan fingerprint density at radius 1 is 1.19 bits per heavy atom. The number of hydrogen-bond acceptors (Lipinski definition) is 3. The van der Waals surface area contributed by atoms with E-state index in [-0.39, 0.29) is 11.7 Å². The number of fused-ring (bicyclic) bond motifs is 1. The van der Waals surface area contributed by atoms with E-state index in [2.05, 4.69) is 15.6 Å². The van der Waals surface area contributed by atoms with Crippen molar-refractivity contribution >= 4 is 22.6 Å². The molecule has 1 amide bonds. The van der Waals surface area contributed by atoms with Gasteiger partial charge in [0, 0.05) is 5.69 Å². The largest absolute Gasteiger partial charge is 0.324 e. The van der Waals surface area contributed by atoms with Crippen molar-refractivity contribution < 1.29 is 9.18 Å². The number of aromatic nitrogens is 3. The number of anilines is 1. The van der Waals surface area contributed by atoms with Crippen LogP contribution in [0.4, 0.5) is 10.1 Å². The second-order valence-corrected chi connectivity index (χ2v) is 4.69. The number of rotatable bonds is 3. The molecule has 106 valence electrons. The minimum Gasteiger partial charge on any atom is -0.324 e. The zero-order valence-corrected chi connectivity index (χ0v) is 11.3. The van der Waals surface area contributed by atoms with Crippen molar-refractivity contribution in [3.05, 3.63) is 54.3 Å². The third-order valence-electron chi connectivity index (χ3n) is 3.24. The van der Waals surface area contributed by atoms with Crippen molar-refractivity contribution in [1.82, 2.24) is 15.0 Å². The topological polar surface area (TPSA) is 59.8 Å². The minimum absolute atomic E-state index is 0.239. The van der Waals surface area contributed by atoms with E-state index in [1.165, 1.54) is 24.3 Å². The molecule has 0 aliphatic heterocycles. The highest BCUT2D eigenvalue weighted by atomic mass is 19.1. The van der Waals surface area contributed by atoms with Crippen LogP contribution in [-0.4, -0.2) is 20.9 Å². The maximum Gasteiger partial charge on any atom is 0.249 e. The normalized spacial score (nSPS) is 12.3. The lowest BCUT2D eigenvalue weighted by Crippen LogP contribution is -2.24. The Labute approximate surface area is 120 Å². The van der Waals surface area contributed by atoms with E-state index < -0.39 is 6.04 Å². The standard InChI is InChI=1S/C15H13FN4O/c1-10(15(21)17-12-8-6-11(16)7-9-12)20-14-5-3-2-4-13(14)18-19-20/h2-10H,1H3,(H,17,21)/t10-/m0/s1. The van der Waals surface area contributed by atoms with Crippen LogP contribution >= 0.6 is 0 Å². The molecular formula is C15H13FN4O. The van der Waals surface area contributed by atoms with Gasteiger partial charge in [-0.05, 0) is 43.3 Å². The molecule has 1 heterocycles. The molecule has 1 N–H and O–H groups in total. The van der Waals surface area contributed by atoms with Crippen molar-refractivity contribution in [2.24, 2.45) is 0 Å². The van der Waals surface area contributed by atoms with Crippen molar-refractivity contribution in [2.45, 2.75) is 13.0 Å². The highest BCUT2D eigenvalue weighted by molar-refractivity contribution is 5.94. The third kappa shape index (κ3) is 2.60. The van der Waals surface area contributed by atoms with Gasteiger partial charge in [0.15, 0.2) is 0 Å². The Bertz CT molecular complexity index is 782. The molecule has 0 saturated heterocycles. The van der Waals surface area contributed by atoms with Crippen molar-refractivity contribution in [3.8, 4) is 0 Å². The first kappa shape index (κ1) is 13.2. The second kappa shape index (κ2) is 5.32. The number of carbonyl (C=O) groups excluding carboxylic acids is 1. The molecular weight excluding hydrogens is 271 g/mol. The van der Waals surface area contributed by atoms with Gasteiger partial charge in [0.25, 0.3) is 0 Å². The Morgan fingerprint density at radius 2 is 1.90 bits per heavy atom. The third-order valence-corrected chi connectivity index (χ3v) is 3.24. The fourth-order valence-electron chi connectivity index (χ4n) is 2.06. The first-order valence-electron chi connectivity index (χ1n) is 6.51. The molecule has 6 heteroatoms. The number of benzene rings is 2. The molecule has 3 aromatic rings. The summed E-state index contributed by atoms with van der Waals surface area (Å²) < 4.78 is 14.4. The van der Waals surface area contributed by atoms with Gasteiger partial charge in [-0.3, -0.25) is 4.79 Å². The summed E-state index contributed by atoms with van der Waals surface area (Å²) in [5.74, 6) is -0.583. The predicted octanol–water partition coefficient (Wildman–Crippen LogP) is 2.77. The summed E-state index contributed by atoms with van der Waals surface area (Å²) in [4.78, 5) is 12.2. The van der Waals surface area contributed by atoms with Crippen LogP contribution < -0.4 is 5.32 Å². The first-order valence-corrected chi connectivity index (χ1v) is 6.51. The zero-order chi connectivity index (χ0) is 14.8. The van der Waals surface area contributed by atoms with Crippen LogP contribution in [0.5, 0.6) is 0 Å². The van der Waals surface area contributed by atoms with Gasteiger partial charge < -0.3 is 5.32 Å². The minimum atomic E-state index is -0.526. The van der Waals surface area contributed by atoms with Gasteiger partial charge in [-0.15, -0.1) is 5.10 Å². The summed E-state index contributed by atoms with van der Waals surface area (Å²) in [6.07, 6.45) is 0. The van der Waals surface area contributed by atoms with Crippen LogP contribution in [0.15, 0.2) is 48.5 Å². The lowest BCUT2D eigenvalue weighted by molar-refractivity contribution is -0.119. The zero-order valence-electron chi connectivity index (χ0n) is 11.3. The van der Waals surface area contributed by atoms with Gasteiger partial charge in [-0.25, -0.2) is 9.07 Å². The van der Waals surface area contributed by atoms with E-state index in [1.807, 2.05) is 24.3 Å². The lowest BCUT2D eigenvalue weighted by atomic mass is 10.2. The molecule has 0 fully saturated rings.